The fraction of sp³-hybridized carbons (Fsp3) is 0.250. The van der Waals surface area contributed by atoms with Crippen LogP contribution in [0, 0.1) is 0 Å². The summed E-state index contributed by atoms with van der Waals surface area (Å²) in [5.74, 6) is 0.607. The molecule has 7 heteroatoms. The van der Waals surface area contributed by atoms with E-state index in [0.717, 1.165) is 46.7 Å². The van der Waals surface area contributed by atoms with Crippen LogP contribution >= 0.6 is 27.3 Å². The molecule has 1 fully saturated rings. The molecule has 0 bridgehead atoms. The van der Waals surface area contributed by atoms with E-state index in [9.17, 15) is 0 Å². The van der Waals surface area contributed by atoms with Gasteiger partial charge in [-0.2, -0.15) is 0 Å². The van der Waals surface area contributed by atoms with Gasteiger partial charge in [0.2, 0.25) is 5.95 Å². The van der Waals surface area contributed by atoms with Crippen molar-refractivity contribution >= 4 is 54.8 Å². The molecule has 3 aromatic rings. The number of thiophene rings is 1. The van der Waals surface area contributed by atoms with Gasteiger partial charge in [0.05, 0.1) is 28.6 Å². The molecule has 5 nitrogen and oxygen atoms in total. The molecule has 0 saturated carbocycles. The van der Waals surface area contributed by atoms with E-state index in [2.05, 4.69) is 60.4 Å². The van der Waals surface area contributed by atoms with Crippen molar-refractivity contribution in [2.75, 3.05) is 36.5 Å². The molecule has 1 N–H and O–H groups in total. The monoisotopic (exact) mass is 390 g/mol. The first kappa shape index (κ1) is 14.9. The second-order valence-electron chi connectivity index (χ2n) is 5.26. The summed E-state index contributed by atoms with van der Waals surface area (Å²) in [7, 11) is 0. The largest absolute Gasteiger partial charge is 0.378 e. The Morgan fingerprint density at radius 2 is 1.96 bits per heavy atom. The van der Waals surface area contributed by atoms with Gasteiger partial charge in [0.1, 0.15) is 5.52 Å². The van der Waals surface area contributed by atoms with Crippen LogP contribution in [0.25, 0.3) is 10.2 Å². The van der Waals surface area contributed by atoms with Crippen LogP contribution < -0.4 is 10.2 Å². The summed E-state index contributed by atoms with van der Waals surface area (Å²) in [6.45, 7) is 3.48. The molecule has 0 aliphatic carbocycles. The molecular weight excluding hydrogens is 376 g/mol. The second-order valence-corrected chi connectivity index (χ2v) is 7.03. The Bertz CT molecular complexity index is 815. The average Bonchev–Trinajstić information content (AvgIpc) is 2.97. The average molecular weight is 391 g/mol. The summed E-state index contributed by atoms with van der Waals surface area (Å²) in [6, 6.07) is 8.35. The SMILES string of the molecule is Brc1csc2cnc(Nc3ccc(N4CCOCC4)cc3)nc12. The lowest BCUT2D eigenvalue weighted by molar-refractivity contribution is 0.122. The molecule has 1 saturated heterocycles. The third kappa shape index (κ3) is 3.17. The molecule has 0 radical (unpaired) electrons. The fourth-order valence-corrected chi connectivity index (χ4v) is 4.00. The van der Waals surface area contributed by atoms with E-state index in [1.807, 2.05) is 11.6 Å². The van der Waals surface area contributed by atoms with Gasteiger partial charge >= 0.3 is 0 Å². The molecule has 1 aliphatic rings. The normalized spacial score (nSPS) is 15.1. The number of fused-ring (bicyclic) bond motifs is 1. The predicted molar refractivity (Wildman–Crippen MR) is 97.9 cm³/mol. The number of ether oxygens (including phenoxy) is 1. The minimum Gasteiger partial charge on any atom is -0.378 e. The zero-order valence-corrected chi connectivity index (χ0v) is 14.7. The quantitative estimate of drug-likeness (QED) is 0.731. The number of nitrogens with zero attached hydrogens (tertiary/aromatic N) is 3. The van der Waals surface area contributed by atoms with Gasteiger partial charge in [-0.1, -0.05) is 0 Å². The predicted octanol–water partition coefficient (Wildman–Crippen LogP) is 4.03. The highest BCUT2D eigenvalue weighted by Crippen LogP contribution is 2.29. The lowest BCUT2D eigenvalue weighted by Gasteiger charge is -2.28. The van der Waals surface area contributed by atoms with E-state index < -0.39 is 0 Å². The second kappa shape index (κ2) is 6.43. The molecule has 23 heavy (non-hydrogen) atoms. The number of morpholine rings is 1. The van der Waals surface area contributed by atoms with Gasteiger partial charge in [0.25, 0.3) is 0 Å². The molecule has 0 amide bonds. The molecule has 4 rings (SSSR count). The molecule has 3 heterocycles. The first-order valence-electron chi connectivity index (χ1n) is 7.39. The van der Waals surface area contributed by atoms with E-state index >= 15 is 0 Å². The Labute approximate surface area is 146 Å². The Balaban J connectivity index is 1.52. The highest BCUT2D eigenvalue weighted by molar-refractivity contribution is 9.10. The highest BCUT2D eigenvalue weighted by Gasteiger charge is 2.11. The van der Waals surface area contributed by atoms with Gasteiger partial charge < -0.3 is 15.0 Å². The van der Waals surface area contributed by atoms with E-state index in [4.69, 9.17) is 4.74 Å². The summed E-state index contributed by atoms with van der Waals surface area (Å²) in [5, 5.41) is 5.29. The van der Waals surface area contributed by atoms with Crippen molar-refractivity contribution < 1.29 is 4.74 Å². The van der Waals surface area contributed by atoms with Crippen LogP contribution in [-0.2, 0) is 4.74 Å². The maximum atomic E-state index is 5.39. The van der Waals surface area contributed by atoms with Gasteiger partial charge in [-0.3, -0.25) is 0 Å². The molecule has 118 valence electrons. The first-order chi connectivity index (χ1) is 11.3. The molecule has 1 aliphatic heterocycles. The molecule has 2 aromatic heterocycles. The molecule has 0 spiro atoms. The minimum atomic E-state index is 0.607. The first-order valence-corrected chi connectivity index (χ1v) is 9.06. The minimum absolute atomic E-state index is 0.607. The Kier molecular flexibility index (Phi) is 4.15. The number of rotatable bonds is 3. The van der Waals surface area contributed by atoms with Crippen molar-refractivity contribution in [3.05, 3.63) is 40.3 Å². The van der Waals surface area contributed by atoms with Gasteiger partial charge in [0.15, 0.2) is 0 Å². The van der Waals surface area contributed by atoms with Crippen molar-refractivity contribution in [1.82, 2.24) is 9.97 Å². The summed E-state index contributed by atoms with van der Waals surface area (Å²) >= 11 is 5.15. The Morgan fingerprint density at radius 1 is 1.17 bits per heavy atom. The third-order valence-electron chi connectivity index (χ3n) is 3.77. The number of hydrogen-bond donors (Lipinski definition) is 1. The smallest absolute Gasteiger partial charge is 0.227 e. The number of anilines is 3. The maximum Gasteiger partial charge on any atom is 0.227 e. The number of nitrogens with one attached hydrogen (secondary N) is 1. The lowest BCUT2D eigenvalue weighted by atomic mass is 10.2. The number of halogens is 1. The van der Waals surface area contributed by atoms with Crippen molar-refractivity contribution in [1.29, 1.82) is 0 Å². The van der Waals surface area contributed by atoms with Crippen LogP contribution in [0.5, 0.6) is 0 Å². The summed E-state index contributed by atoms with van der Waals surface area (Å²) in [5.41, 5.74) is 3.14. The van der Waals surface area contributed by atoms with E-state index in [1.54, 1.807) is 11.3 Å². The van der Waals surface area contributed by atoms with E-state index in [-0.39, 0.29) is 0 Å². The molecule has 1 aromatic carbocycles. The summed E-state index contributed by atoms with van der Waals surface area (Å²) in [6.07, 6.45) is 1.85. The Morgan fingerprint density at radius 3 is 2.74 bits per heavy atom. The maximum absolute atomic E-state index is 5.39. The van der Waals surface area contributed by atoms with Gasteiger partial charge in [-0.05, 0) is 40.2 Å². The topological polar surface area (TPSA) is 50.3 Å². The molecule has 0 unspecified atom stereocenters. The lowest BCUT2D eigenvalue weighted by Crippen LogP contribution is -2.36. The van der Waals surface area contributed by atoms with Crippen molar-refractivity contribution in [3.8, 4) is 0 Å². The Hall–Kier alpha value is -1.70. The number of hydrogen-bond acceptors (Lipinski definition) is 6. The van der Waals surface area contributed by atoms with Crippen LogP contribution in [0.15, 0.2) is 40.3 Å². The van der Waals surface area contributed by atoms with Crippen LogP contribution in [0.1, 0.15) is 0 Å². The van der Waals surface area contributed by atoms with Gasteiger partial charge in [-0.15, -0.1) is 11.3 Å². The van der Waals surface area contributed by atoms with Crippen LogP contribution in [0.4, 0.5) is 17.3 Å². The van der Waals surface area contributed by atoms with Crippen LogP contribution in [0.3, 0.4) is 0 Å². The van der Waals surface area contributed by atoms with E-state index in [1.165, 1.54) is 5.69 Å². The van der Waals surface area contributed by atoms with E-state index in [0.29, 0.717) is 5.95 Å². The highest BCUT2D eigenvalue weighted by atomic mass is 79.9. The fourth-order valence-electron chi connectivity index (χ4n) is 2.57. The summed E-state index contributed by atoms with van der Waals surface area (Å²) < 4.78 is 7.47. The zero-order chi connectivity index (χ0) is 15.6. The van der Waals surface area contributed by atoms with Crippen molar-refractivity contribution in [3.63, 3.8) is 0 Å². The van der Waals surface area contributed by atoms with Crippen molar-refractivity contribution in [2.45, 2.75) is 0 Å². The number of benzene rings is 1. The van der Waals surface area contributed by atoms with Gasteiger partial charge in [0, 0.05) is 29.8 Å². The number of aromatic nitrogens is 2. The summed E-state index contributed by atoms with van der Waals surface area (Å²) in [4.78, 5) is 11.3. The van der Waals surface area contributed by atoms with Crippen molar-refractivity contribution in [2.24, 2.45) is 0 Å². The van der Waals surface area contributed by atoms with Crippen LogP contribution in [-0.4, -0.2) is 36.3 Å². The molecule has 0 atom stereocenters. The molecular formula is C16H15BrN4OS. The third-order valence-corrected chi connectivity index (χ3v) is 5.58. The van der Waals surface area contributed by atoms with Gasteiger partial charge in [-0.25, -0.2) is 9.97 Å². The zero-order valence-electron chi connectivity index (χ0n) is 12.3. The van der Waals surface area contributed by atoms with Crippen LogP contribution in [0.2, 0.25) is 0 Å². The standard InChI is InChI=1S/C16H15BrN4OS/c17-13-10-23-14-9-18-16(20-15(13)14)19-11-1-3-12(4-2-11)21-5-7-22-8-6-21/h1-4,9-10H,5-8H2,(H,18,19,20).